The van der Waals surface area contributed by atoms with Crippen LogP contribution in [-0.4, -0.2) is 70.1 Å². The van der Waals surface area contributed by atoms with Crippen LogP contribution in [0.2, 0.25) is 0 Å². The van der Waals surface area contributed by atoms with E-state index in [-0.39, 0.29) is 18.5 Å². The van der Waals surface area contributed by atoms with Gasteiger partial charge in [-0.3, -0.25) is 4.79 Å². The van der Waals surface area contributed by atoms with Crippen molar-refractivity contribution in [1.29, 1.82) is 0 Å². The number of piperazine rings is 1. The van der Waals surface area contributed by atoms with Crippen molar-refractivity contribution in [3.8, 4) is 0 Å². The first-order chi connectivity index (χ1) is 11.7. The van der Waals surface area contributed by atoms with Gasteiger partial charge in [-0.15, -0.1) is 0 Å². The van der Waals surface area contributed by atoms with Gasteiger partial charge in [0.15, 0.2) is 0 Å². The fourth-order valence-corrected chi connectivity index (χ4v) is 2.48. The Kier molecular flexibility index (Phi) is 6.30. The average Bonchev–Trinajstić information content (AvgIpc) is 2.53. The lowest BCUT2D eigenvalue weighted by Crippen LogP contribution is -2.53. The molecule has 0 aliphatic carbocycles. The maximum Gasteiger partial charge on any atom is 0.410 e. The highest BCUT2D eigenvalue weighted by Crippen LogP contribution is 2.11. The van der Waals surface area contributed by atoms with Gasteiger partial charge in [-0.25, -0.2) is 14.8 Å². The third kappa shape index (κ3) is 6.30. The summed E-state index contributed by atoms with van der Waals surface area (Å²) in [6.07, 6.45) is 1.38. The number of carbonyl (C=O) groups excluding carboxylic acids is 2. The molecule has 25 heavy (non-hydrogen) atoms. The SMILES string of the molecule is Cc1nccc(CNCC(=O)N2CCN(C(=O)OC(C)(C)C)CC2)n1. The number of aryl methyl sites for hydroxylation is 1. The van der Waals surface area contributed by atoms with E-state index in [0.29, 0.717) is 38.5 Å². The summed E-state index contributed by atoms with van der Waals surface area (Å²) in [5, 5.41) is 3.10. The summed E-state index contributed by atoms with van der Waals surface area (Å²) in [4.78, 5) is 36.0. The molecule has 1 aliphatic rings. The first kappa shape index (κ1) is 19.1. The second-order valence-corrected chi connectivity index (χ2v) is 7.05. The van der Waals surface area contributed by atoms with Crippen molar-refractivity contribution in [3.63, 3.8) is 0 Å². The zero-order chi connectivity index (χ0) is 18.4. The Balaban J connectivity index is 1.71. The largest absolute Gasteiger partial charge is 0.444 e. The topological polar surface area (TPSA) is 87.7 Å². The summed E-state index contributed by atoms with van der Waals surface area (Å²) in [6, 6.07) is 1.82. The first-order valence-electron chi connectivity index (χ1n) is 8.49. The van der Waals surface area contributed by atoms with Crippen molar-refractivity contribution in [2.75, 3.05) is 32.7 Å². The normalized spacial score (nSPS) is 15.2. The van der Waals surface area contributed by atoms with Gasteiger partial charge in [-0.05, 0) is 33.8 Å². The fourth-order valence-electron chi connectivity index (χ4n) is 2.48. The van der Waals surface area contributed by atoms with Gasteiger partial charge in [0.1, 0.15) is 11.4 Å². The Hall–Kier alpha value is -2.22. The number of hydrogen-bond donors (Lipinski definition) is 1. The molecule has 0 spiro atoms. The van der Waals surface area contributed by atoms with E-state index in [9.17, 15) is 9.59 Å². The number of nitrogens with one attached hydrogen (secondary N) is 1. The van der Waals surface area contributed by atoms with E-state index in [2.05, 4.69) is 15.3 Å². The number of nitrogens with zero attached hydrogens (tertiary/aromatic N) is 4. The quantitative estimate of drug-likeness (QED) is 0.871. The summed E-state index contributed by atoms with van der Waals surface area (Å²) in [7, 11) is 0. The molecule has 0 unspecified atom stereocenters. The van der Waals surface area contributed by atoms with Crippen LogP contribution in [0.15, 0.2) is 12.3 Å². The predicted octanol–water partition coefficient (Wildman–Crippen LogP) is 0.954. The highest BCUT2D eigenvalue weighted by molar-refractivity contribution is 5.78. The van der Waals surface area contributed by atoms with E-state index in [1.807, 2.05) is 33.8 Å². The molecule has 8 heteroatoms. The van der Waals surface area contributed by atoms with Crippen molar-refractivity contribution in [3.05, 3.63) is 23.8 Å². The molecule has 2 amide bonds. The molecular formula is C17H27N5O3. The van der Waals surface area contributed by atoms with Crippen molar-refractivity contribution in [2.45, 2.75) is 39.8 Å². The Morgan fingerprint density at radius 3 is 2.44 bits per heavy atom. The third-order valence-corrected chi connectivity index (χ3v) is 3.70. The smallest absolute Gasteiger partial charge is 0.410 e. The molecule has 0 bridgehead atoms. The average molecular weight is 349 g/mol. The molecule has 2 heterocycles. The predicted molar refractivity (Wildman–Crippen MR) is 92.9 cm³/mol. The van der Waals surface area contributed by atoms with E-state index in [4.69, 9.17) is 4.74 Å². The molecule has 0 saturated carbocycles. The van der Waals surface area contributed by atoms with Crippen LogP contribution in [0.1, 0.15) is 32.3 Å². The summed E-state index contributed by atoms with van der Waals surface area (Å²) < 4.78 is 5.36. The number of amides is 2. The molecule has 1 aliphatic heterocycles. The zero-order valence-electron chi connectivity index (χ0n) is 15.4. The zero-order valence-corrected chi connectivity index (χ0v) is 15.4. The van der Waals surface area contributed by atoms with Crippen molar-refractivity contribution in [1.82, 2.24) is 25.1 Å². The van der Waals surface area contributed by atoms with E-state index in [1.54, 1.807) is 16.0 Å². The van der Waals surface area contributed by atoms with E-state index >= 15 is 0 Å². The van der Waals surface area contributed by atoms with Crippen molar-refractivity contribution in [2.24, 2.45) is 0 Å². The van der Waals surface area contributed by atoms with Gasteiger partial charge in [-0.2, -0.15) is 0 Å². The minimum Gasteiger partial charge on any atom is -0.444 e. The molecule has 8 nitrogen and oxygen atoms in total. The van der Waals surface area contributed by atoms with Crippen molar-refractivity contribution >= 4 is 12.0 Å². The van der Waals surface area contributed by atoms with Crippen LogP contribution in [0.4, 0.5) is 4.79 Å². The standard InChI is InChI=1S/C17H27N5O3/c1-13-19-6-5-14(20-13)11-18-12-15(23)21-7-9-22(10-8-21)16(24)25-17(2,3)4/h5-6,18H,7-12H2,1-4H3. The number of hydrogen-bond acceptors (Lipinski definition) is 6. The molecule has 1 aromatic heterocycles. The second-order valence-electron chi connectivity index (χ2n) is 7.05. The second kappa shape index (κ2) is 8.24. The minimum absolute atomic E-state index is 0.0228. The Labute approximate surface area is 148 Å². The lowest BCUT2D eigenvalue weighted by Gasteiger charge is -2.35. The number of aromatic nitrogens is 2. The first-order valence-corrected chi connectivity index (χ1v) is 8.49. The summed E-state index contributed by atoms with van der Waals surface area (Å²) in [5.74, 6) is 0.735. The van der Waals surface area contributed by atoms with Gasteiger partial charge < -0.3 is 19.9 Å². The van der Waals surface area contributed by atoms with Crippen LogP contribution in [-0.2, 0) is 16.1 Å². The molecular weight excluding hydrogens is 322 g/mol. The Morgan fingerprint density at radius 2 is 1.84 bits per heavy atom. The van der Waals surface area contributed by atoms with E-state index < -0.39 is 5.60 Å². The number of ether oxygens (including phenoxy) is 1. The molecule has 1 N–H and O–H groups in total. The highest BCUT2D eigenvalue weighted by Gasteiger charge is 2.27. The van der Waals surface area contributed by atoms with Gasteiger partial charge >= 0.3 is 6.09 Å². The summed E-state index contributed by atoms with van der Waals surface area (Å²) >= 11 is 0. The molecule has 1 saturated heterocycles. The lowest BCUT2D eigenvalue weighted by atomic mass is 10.2. The van der Waals surface area contributed by atoms with Gasteiger partial charge in [0, 0.05) is 38.9 Å². The molecule has 0 atom stereocenters. The number of rotatable bonds is 4. The lowest BCUT2D eigenvalue weighted by molar-refractivity contribution is -0.132. The molecule has 0 aromatic carbocycles. The fraction of sp³-hybridized carbons (Fsp3) is 0.647. The maximum absolute atomic E-state index is 12.3. The number of carbonyl (C=O) groups is 2. The minimum atomic E-state index is -0.507. The van der Waals surface area contributed by atoms with Gasteiger partial charge in [-0.1, -0.05) is 0 Å². The monoisotopic (exact) mass is 349 g/mol. The maximum atomic E-state index is 12.3. The molecule has 1 aromatic rings. The summed E-state index contributed by atoms with van der Waals surface area (Å²) in [6.45, 7) is 10.2. The van der Waals surface area contributed by atoms with Gasteiger partial charge in [0.05, 0.1) is 12.2 Å². The van der Waals surface area contributed by atoms with Crippen LogP contribution >= 0.6 is 0 Å². The molecule has 1 fully saturated rings. The van der Waals surface area contributed by atoms with Crippen LogP contribution in [0.5, 0.6) is 0 Å². The highest BCUT2D eigenvalue weighted by atomic mass is 16.6. The van der Waals surface area contributed by atoms with Crippen LogP contribution in [0.25, 0.3) is 0 Å². The van der Waals surface area contributed by atoms with Crippen LogP contribution in [0, 0.1) is 6.92 Å². The third-order valence-electron chi connectivity index (χ3n) is 3.70. The van der Waals surface area contributed by atoms with E-state index in [1.165, 1.54) is 0 Å². The van der Waals surface area contributed by atoms with Crippen LogP contribution in [0.3, 0.4) is 0 Å². The Bertz CT molecular complexity index is 607. The van der Waals surface area contributed by atoms with E-state index in [0.717, 1.165) is 5.69 Å². The van der Waals surface area contributed by atoms with Crippen molar-refractivity contribution < 1.29 is 14.3 Å². The van der Waals surface area contributed by atoms with Gasteiger partial charge in [0.25, 0.3) is 0 Å². The molecule has 2 rings (SSSR count). The molecule has 0 radical (unpaired) electrons. The Morgan fingerprint density at radius 1 is 1.20 bits per heavy atom. The van der Waals surface area contributed by atoms with Gasteiger partial charge in [0.2, 0.25) is 5.91 Å². The summed E-state index contributed by atoms with van der Waals surface area (Å²) in [5.41, 5.74) is 0.350. The molecule has 138 valence electrons. The van der Waals surface area contributed by atoms with Crippen LogP contribution < -0.4 is 5.32 Å².